The van der Waals surface area contributed by atoms with Crippen LogP contribution in [0.15, 0.2) is 24.5 Å². The molecule has 1 N–H and O–H groups in total. The summed E-state index contributed by atoms with van der Waals surface area (Å²) >= 11 is 0. The lowest BCUT2D eigenvalue weighted by molar-refractivity contribution is 0.0696. The lowest BCUT2D eigenvalue weighted by Gasteiger charge is -2.07. The molecule has 18 heavy (non-hydrogen) atoms. The molecule has 0 fully saturated rings. The normalized spacial score (nSPS) is 9.78. The highest BCUT2D eigenvalue weighted by Gasteiger charge is 2.14. The van der Waals surface area contributed by atoms with E-state index in [0.29, 0.717) is 5.75 Å². The molecule has 7 nitrogen and oxygen atoms in total. The molecule has 0 aliphatic carbocycles. The number of carboxylic acid groups (broad SMARTS) is 1. The molecule has 90 valence electrons. The first-order chi connectivity index (χ1) is 8.65. The minimum absolute atomic E-state index is 0.0332. The van der Waals surface area contributed by atoms with Crippen LogP contribution in [0.3, 0.4) is 0 Å². The first-order valence-electron chi connectivity index (χ1n) is 4.89. The van der Waals surface area contributed by atoms with Gasteiger partial charge in [0.1, 0.15) is 18.1 Å². The lowest BCUT2D eigenvalue weighted by atomic mass is 10.1. The molecular formula is C11H8N4O3. The number of nitrogens with zero attached hydrogens (tertiary/aromatic N) is 4. The van der Waals surface area contributed by atoms with Gasteiger partial charge in [0, 0.05) is 6.07 Å². The van der Waals surface area contributed by atoms with Crippen molar-refractivity contribution in [3.63, 3.8) is 0 Å². The van der Waals surface area contributed by atoms with Crippen molar-refractivity contribution in [3.8, 4) is 17.5 Å². The van der Waals surface area contributed by atoms with Crippen molar-refractivity contribution in [2.24, 2.45) is 0 Å². The van der Waals surface area contributed by atoms with E-state index in [9.17, 15) is 4.79 Å². The smallest absolute Gasteiger partial charge is 0.337 e. The van der Waals surface area contributed by atoms with E-state index in [1.165, 1.54) is 36.3 Å². The summed E-state index contributed by atoms with van der Waals surface area (Å²) in [5.41, 5.74) is 0.334. The maximum absolute atomic E-state index is 11.1. The predicted octanol–water partition coefficient (Wildman–Crippen LogP) is 0.846. The Morgan fingerprint density at radius 3 is 2.89 bits per heavy atom. The van der Waals surface area contributed by atoms with Crippen molar-refractivity contribution >= 4 is 5.97 Å². The zero-order valence-electron chi connectivity index (χ0n) is 9.36. The number of aromatic nitrogens is 3. The van der Waals surface area contributed by atoms with Gasteiger partial charge in [-0.25, -0.2) is 14.5 Å². The molecule has 1 aromatic carbocycles. The van der Waals surface area contributed by atoms with Crippen LogP contribution < -0.4 is 4.74 Å². The third-order valence-electron chi connectivity index (χ3n) is 2.27. The zero-order valence-corrected chi connectivity index (χ0v) is 9.36. The summed E-state index contributed by atoms with van der Waals surface area (Å²) in [4.78, 5) is 14.8. The van der Waals surface area contributed by atoms with E-state index in [1.54, 1.807) is 6.07 Å². The van der Waals surface area contributed by atoms with Crippen LogP contribution in [0.25, 0.3) is 5.69 Å². The van der Waals surface area contributed by atoms with Gasteiger partial charge < -0.3 is 9.84 Å². The van der Waals surface area contributed by atoms with E-state index in [0.717, 1.165) is 0 Å². The van der Waals surface area contributed by atoms with Crippen LogP contribution in [0, 0.1) is 11.3 Å². The number of rotatable bonds is 3. The molecule has 7 heteroatoms. The molecule has 1 heterocycles. The van der Waals surface area contributed by atoms with Crippen molar-refractivity contribution in [1.82, 2.24) is 14.8 Å². The second kappa shape index (κ2) is 4.55. The Morgan fingerprint density at radius 1 is 1.56 bits per heavy atom. The summed E-state index contributed by atoms with van der Waals surface area (Å²) in [6.45, 7) is 0. The number of nitriles is 1. The molecule has 0 atom stereocenters. The lowest BCUT2D eigenvalue weighted by Crippen LogP contribution is -2.06. The van der Waals surface area contributed by atoms with Crippen LogP contribution in [-0.4, -0.2) is 33.0 Å². The predicted molar refractivity (Wildman–Crippen MR) is 59.6 cm³/mol. The van der Waals surface area contributed by atoms with Crippen LogP contribution in [0.4, 0.5) is 0 Å². The second-order valence-corrected chi connectivity index (χ2v) is 3.31. The Labute approximate surface area is 102 Å². The number of ether oxygens (including phenoxy) is 1. The van der Waals surface area contributed by atoms with E-state index >= 15 is 0 Å². The van der Waals surface area contributed by atoms with Crippen molar-refractivity contribution in [3.05, 3.63) is 35.9 Å². The Balaban J connectivity index is 2.60. The minimum Gasteiger partial charge on any atom is -0.497 e. The van der Waals surface area contributed by atoms with Crippen LogP contribution in [0.5, 0.6) is 5.75 Å². The Morgan fingerprint density at radius 2 is 2.33 bits per heavy atom. The standard InChI is InChI=1S/C11H8N4O3/c1-18-7-2-3-8(11(16)17)9(4-7)15-6-13-10(5-12)14-15/h2-4,6H,1H3,(H,16,17). The van der Waals surface area contributed by atoms with Gasteiger partial charge >= 0.3 is 5.97 Å². The van der Waals surface area contributed by atoms with E-state index in [2.05, 4.69) is 10.1 Å². The van der Waals surface area contributed by atoms with Crippen molar-refractivity contribution in [2.75, 3.05) is 7.11 Å². The van der Waals surface area contributed by atoms with Gasteiger partial charge in [-0.05, 0) is 12.1 Å². The molecule has 0 aliphatic heterocycles. The molecular weight excluding hydrogens is 236 g/mol. The summed E-state index contributed by atoms with van der Waals surface area (Å²) < 4.78 is 6.25. The SMILES string of the molecule is COc1ccc(C(=O)O)c(-n2cnc(C#N)n2)c1. The average molecular weight is 244 g/mol. The van der Waals surface area contributed by atoms with E-state index in [-0.39, 0.29) is 17.1 Å². The number of aromatic carboxylic acids is 1. The Hall–Kier alpha value is -2.88. The maximum atomic E-state index is 11.1. The molecule has 0 saturated carbocycles. The van der Waals surface area contributed by atoms with Crippen LogP contribution in [0.1, 0.15) is 16.2 Å². The fraction of sp³-hybridized carbons (Fsp3) is 0.0909. The maximum Gasteiger partial charge on any atom is 0.337 e. The van der Waals surface area contributed by atoms with Gasteiger partial charge in [-0.3, -0.25) is 0 Å². The van der Waals surface area contributed by atoms with Crippen molar-refractivity contribution in [1.29, 1.82) is 5.26 Å². The highest BCUT2D eigenvalue weighted by molar-refractivity contribution is 5.92. The summed E-state index contributed by atoms with van der Waals surface area (Å²) in [7, 11) is 1.47. The average Bonchev–Trinajstić information content (AvgIpc) is 2.86. The monoisotopic (exact) mass is 244 g/mol. The highest BCUT2D eigenvalue weighted by atomic mass is 16.5. The molecule has 0 aliphatic rings. The third kappa shape index (κ3) is 1.99. The number of carbonyl (C=O) groups is 1. The largest absolute Gasteiger partial charge is 0.497 e. The number of methoxy groups -OCH3 is 1. The van der Waals surface area contributed by atoms with Crippen molar-refractivity contribution in [2.45, 2.75) is 0 Å². The molecule has 2 rings (SSSR count). The molecule has 0 saturated heterocycles. The quantitative estimate of drug-likeness (QED) is 0.858. The molecule has 1 aromatic heterocycles. The topological polar surface area (TPSA) is 101 Å². The molecule has 0 amide bonds. The van der Waals surface area contributed by atoms with Gasteiger partial charge in [-0.15, -0.1) is 5.10 Å². The van der Waals surface area contributed by atoms with Gasteiger partial charge in [0.15, 0.2) is 0 Å². The zero-order chi connectivity index (χ0) is 13.1. The Bertz CT molecular complexity index is 642. The fourth-order valence-corrected chi connectivity index (χ4v) is 1.44. The third-order valence-corrected chi connectivity index (χ3v) is 2.27. The van der Waals surface area contributed by atoms with Gasteiger partial charge in [0.05, 0.1) is 18.4 Å². The van der Waals surface area contributed by atoms with Gasteiger partial charge in [0.2, 0.25) is 0 Å². The molecule has 0 bridgehead atoms. The van der Waals surface area contributed by atoms with E-state index in [4.69, 9.17) is 15.1 Å². The summed E-state index contributed by atoms with van der Waals surface area (Å²) in [6.07, 6.45) is 1.28. The van der Waals surface area contributed by atoms with E-state index in [1.807, 2.05) is 0 Å². The number of hydrogen-bond donors (Lipinski definition) is 1. The summed E-state index contributed by atoms with van der Waals surface area (Å²) in [5.74, 6) is -0.639. The Kier molecular flexibility index (Phi) is 2.93. The van der Waals surface area contributed by atoms with Crippen molar-refractivity contribution < 1.29 is 14.6 Å². The van der Waals surface area contributed by atoms with Crippen LogP contribution >= 0.6 is 0 Å². The molecule has 2 aromatic rings. The van der Waals surface area contributed by atoms with E-state index < -0.39 is 5.97 Å². The molecule has 0 spiro atoms. The minimum atomic E-state index is -1.10. The number of carboxylic acids is 1. The van der Waals surface area contributed by atoms with Gasteiger partial charge in [0.25, 0.3) is 5.82 Å². The van der Waals surface area contributed by atoms with Gasteiger partial charge in [-0.1, -0.05) is 0 Å². The number of hydrogen-bond acceptors (Lipinski definition) is 5. The molecule has 0 radical (unpaired) electrons. The fourth-order valence-electron chi connectivity index (χ4n) is 1.44. The highest BCUT2D eigenvalue weighted by Crippen LogP contribution is 2.20. The summed E-state index contributed by atoms with van der Waals surface area (Å²) in [6, 6.07) is 6.23. The van der Waals surface area contributed by atoms with Crippen LogP contribution in [0.2, 0.25) is 0 Å². The van der Waals surface area contributed by atoms with Gasteiger partial charge in [-0.2, -0.15) is 5.26 Å². The summed E-state index contributed by atoms with van der Waals surface area (Å²) in [5, 5.41) is 21.6. The van der Waals surface area contributed by atoms with Crippen LogP contribution in [-0.2, 0) is 0 Å². The first kappa shape index (κ1) is 11.6. The number of benzene rings is 1. The first-order valence-corrected chi connectivity index (χ1v) is 4.89. The molecule has 0 unspecified atom stereocenters. The second-order valence-electron chi connectivity index (χ2n) is 3.31.